The maximum Gasteiger partial charge on any atom is 0.148 e. The molecule has 1 N–H and O–H groups in total. The molecule has 2 aromatic rings. The van der Waals surface area contributed by atoms with Gasteiger partial charge in [0.1, 0.15) is 5.82 Å². The van der Waals surface area contributed by atoms with Gasteiger partial charge in [0.05, 0.1) is 11.1 Å². The highest BCUT2D eigenvalue weighted by atomic mass is 79.9. The summed E-state index contributed by atoms with van der Waals surface area (Å²) in [6, 6.07) is 11.5. The minimum Gasteiger partial charge on any atom is -0.378 e. The van der Waals surface area contributed by atoms with Gasteiger partial charge in [-0.3, -0.25) is 0 Å². The molecule has 18 heavy (non-hydrogen) atoms. The van der Waals surface area contributed by atoms with Crippen LogP contribution in [-0.2, 0) is 6.42 Å². The van der Waals surface area contributed by atoms with Gasteiger partial charge in [-0.2, -0.15) is 0 Å². The molecule has 92 valence electrons. The van der Waals surface area contributed by atoms with Crippen molar-refractivity contribution in [1.82, 2.24) is 0 Å². The third-order valence-corrected chi connectivity index (χ3v) is 4.47. The molecular weight excluding hydrogens is 317 g/mol. The summed E-state index contributed by atoms with van der Waals surface area (Å²) in [6.07, 6.45) is 0.783. The first-order chi connectivity index (χ1) is 8.66. The highest BCUT2D eigenvalue weighted by molar-refractivity contribution is 9.10. The van der Waals surface area contributed by atoms with Gasteiger partial charge in [-0.1, -0.05) is 35.9 Å². The first kappa shape index (κ1) is 12.0. The largest absolute Gasteiger partial charge is 0.378 e. The van der Waals surface area contributed by atoms with E-state index >= 15 is 0 Å². The summed E-state index contributed by atoms with van der Waals surface area (Å²) in [5, 5.41) is 3.47. The van der Waals surface area contributed by atoms with Crippen molar-refractivity contribution in [1.29, 1.82) is 0 Å². The standard InChI is InChI=1S/C14H10BrClFN/c15-10-6-5-9(14(17)13(10)16)12-7-8-3-1-2-4-11(8)18-12/h1-6,12,18H,7H2. The minimum atomic E-state index is -0.351. The summed E-state index contributed by atoms with van der Waals surface area (Å²) in [5.74, 6) is -0.351. The molecule has 1 unspecified atom stereocenters. The molecule has 4 heteroatoms. The van der Waals surface area contributed by atoms with E-state index in [-0.39, 0.29) is 16.9 Å². The first-order valence-corrected chi connectivity index (χ1v) is 6.82. The van der Waals surface area contributed by atoms with Crippen molar-refractivity contribution in [2.75, 3.05) is 5.32 Å². The Morgan fingerprint density at radius 3 is 2.78 bits per heavy atom. The van der Waals surface area contributed by atoms with Crippen LogP contribution in [0, 0.1) is 5.82 Å². The number of hydrogen-bond donors (Lipinski definition) is 1. The van der Waals surface area contributed by atoms with Gasteiger partial charge in [-0.05, 0) is 40.0 Å². The molecule has 1 atom stereocenters. The third kappa shape index (κ3) is 1.91. The molecule has 0 amide bonds. The van der Waals surface area contributed by atoms with E-state index < -0.39 is 0 Å². The van der Waals surface area contributed by atoms with Crippen molar-refractivity contribution in [2.45, 2.75) is 12.5 Å². The van der Waals surface area contributed by atoms with E-state index in [0.717, 1.165) is 12.1 Å². The van der Waals surface area contributed by atoms with Gasteiger partial charge in [-0.25, -0.2) is 4.39 Å². The van der Waals surface area contributed by atoms with E-state index in [1.165, 1.54) is 5.56 Å². The van der Waals surface area contributed by atoms with Crippen LogP contribution >= 0.6 is 27.5 Å². The van der Waals surface area contributed by atoms with E-state index in [4.69, 9.17) is 11.6 Å². The lowest BCUT2D eigenvalue weighted by Crippen LogP contribution is -2.08. The molecule has 2 aromatic carbocycles. The molecular formula is C14H10BrClFN. The number of fused-ring (bicyclic) bond motifs is 1. The summed E-state index contributed by atoms with van der Waals surface area (Å²) >= 11 is 9.15. The second-order valence-corrected chi connectivity index (χ2v) is 5.56. The highest BCUT2D eigenvalue weighted by Gasteiger charge is 2.25. The van der Waals surface area contributed by atoms with Crippen LogP contribution in [0.4, 0.5) is 10.1 Å². The van der Waals surface area contributed by atoms with E-state index in [0.29, 0.717) is 10.0 Å². The summed E-state index contributed by atoms with van der Waals surface area (Å²) in [5.41, 5.74) is 2.89. The Hall–Kier alpha value is -1.06. The zero-order chi connectivity index (χ0) is 12.7. The quantitative estimate of drug-likeness (QED) is 0.731. The predicted octanol–water partition coefficient (Wildman–Crippen LogP) is 4.95. The van der Waals surface area contributed by atoms with E-state index in [2.05, 4.69) is 27.3 Å². The fraction of sp³-hybridized carbons (Fsp3) is 0.143. The van der Waals surface area contributed by atoms with Crippen molar-refractivity contribution < 1.29 is 4.39 Å². The molecule has 0 radical (unpaired) electrons. The molecule has 0 bridgehead atoms. The first-order valence-electron chi connectivity index (χ1n) is 5.64. The van der Waals surface area contributed by atoms with Crippen LogP contribution in [0.3, 0.4) is 0 Å². The number of benzene rings is 2. The number of anilines is 1. The molecule has 1 heterocycles. The monoisotopic (exact) mass is 325 g/mol. The van der Waals surface area contributed by atoms with E-state index in [1.807, 2.05) is 18.2 Å². The average Bonchev–Trinajstić information content (AvgIpc) is 2.79. The molecule has 0 spiro atoms. The third-order valence-electron chi connectivity index (χ3n) is 3.21. The lowest BCUT2D eigenvalue weighted by molar-refractivity contribution is 0.595. The Balaban J connectivity index is 1.98. The zero-order valence-electron chi connectivity index (χ0n) is 9.38. The van der Waals surface area contributed by atoms with Crippen molar-refractivity contribution >= 4 is 33.2 Å². The SMILES string of the molecule is Fc1c(C2Cc3ccccc3N2)ccc(Br)c1Cl. The molecule has 0 fully saturated rings. The fourth-order valence-corrected chi connectivity index (χ4v) is 2.77. The topological polar surface area (TPSA) is 12.0 Å². The Morgan fingerprint density at radius 1 is 1.22 bits per heavy atom. The van der Waals surface area contributed by atoms with Crippen molar-refractivity contribution in [2.24, 2.45) is 0 Å². The Kier molecular flexibility index (Phi) is 3.04. The van der Waals surface area contributed by atoms with Crippen molar-refractivity contribution in [3.8, 4) is 0 Å². The molecule has 0 saturated heterocycles. The Labute approximate surface area is 118 Å². The second-order valence-electron chi connectivity index (χ2n) is 4.32. The summed E-state index contributed by atoms with van der Waals surface area (Å²) in [7, 11) is 0. The number of rotatable bonds is 1. The second kappa shape index (κ2) is 4.56. The number of halogens is 3. The predicted molar refractivity (Wildman–Crippen MR) is 75.6 cm³/mol. The van der Waals surface area contributed by atoms with Crippen LogP contribution in [0.15, 0.2) is 40.9 Å². The summed E-state index contributed by atoms with van der Waals surface area (Å²) < 4.78 is 14.7. The molecule has 0 aliphatic carbocycles. The minimum absolute atomic E-state index is 0.0481. The lowest BCUT2D eigenvalue weighted by Gasteiger charge is -2.14. The average molecular weight is 327 g/mol. The van der Waals surface area contributed by atoms with Gasteiger partial charge in [0.25, 0.3) is 0 Å². The molecule has 1 nitrogen and oxygen atoms in total. The highest BCUT2D eigenvalue weighted by Crippen LogP contribution is 2.37. The van der Waals surface area contributed by atoms with Gasteiger partial charge in [0.2, 0.25) is 0 Å². The molecule has 3 rings (SSSR count). The van der Waals surface area contributed by atoms with Crippen molar-refractivity contribution in [3.05, 3.63) is 62.8 Å². The molecule has 1 aliphatic heterocycles. The van der Waals surface area contributed by atoms with Crippen molar-refractivity contribution in [3.63, 3.8) is 0 Å². The Morgan fingerprint density at radius 2 is 2.00 bits per heavy atom. The Bertz CT molecular complexity index is 590. The van der Waals surface area contributed by atoms with E-state index in [1.54, 1.807) is 12.1 Å². The molecule has 0 saturated carbocycles. The van der Waals surface area contributed by atoms with E-state index in [9.17, 15) is 4.39 Å². The number of para-hydroxylation sites is 1. The summed E-state index contributed by atoms with van der Waals surface area (Å²) in [4.78, 5) is 0. The van der Waals surface area contributed by atoms with Gasteiger partial charge < -0.3 is 5.32 Å². The van der Waals surface area contributed by atoms with Gasteiger partial charge in [-0.15, -0.1) is 0 Å². The lowest BCUT2D eigenvalue weighted by atomic mass is 10.0. The van der Waals surface area contributed by atoms with Crippen LogP contribution in [0.25, 0.3) is 0 Å². The van der Waals surface area contributed by atoms with Gasteiger partial charge in [0.15, 0.2) is 0 Å². The number of nitrogens with one attached hydrogen (secondary N) is 1. The fourth-order valence-electron chi connectivity index (χ4n) is 2.30. The molecule has 1 aliphatic rings. The number of hydrogen-bond acceptors (Lipinski definition) is 1. The molecule has 0 aromatic heterocycles. The maximum atomic E-state index is 14.1. The smallest absolute Gasteiger partial charge is 0.148 e. The maximum absolute atomic E-state index is 14.1. The van der Waals surface area contributed by atoms with Crippen LogP contribution in [-0.4, -0.2) is 0 Å². The van der Waals surface area contributed by atoms with Gasteiger partial charge >= 0.3 is 0 Å². The summed E-state index contributed by atoms with van der Waals surface area (Å²) in [6.45, 7) is 0. The van der Waals surface area contributed by atoms with Crippen LogP contribution in [0.1, 0.15) is 17.2 Å². The van der Waals surface area contributed by atoms with Gasteiger partial charge in [0, 0.05) is 15.7 Å². The van der Waals surface area contributed by atoms with Crippen LogP contribution in [0.5, 0.6) is 0 Å². The normalized spacial score (nSPS) is 17.4. The van der Waals surface area contributed by atoms with Crippen LogP contribution < -0.4 is 5.32 Å². The zero-order valence-corrected chi connectivity index (χ0v) is 11.7. The van der Waals surface area contributed by atoms with Crippen LogP contribution in [0.2, 0.25) is 5.02 Å².